The van der Waals surface area contributed by atoms with Crippen LogP contribution in [0, 0.1) is 6.92 Å². The lowest BCUT2D eigenvalue weighted by atomic mass is 9.97. The third kappa shape index (κ3) is 3.21. The molecule has 0 aliphatic heterocycles. The second-order valence-electron chi connectivity index (χ2n) is 2.88. The van der Waals surface area contributed by atoms with Crippen LogP contribution in [0.15, 0.2) is 0 Å². The molecule has 0 aromatic heterocycles. The van der Waals surface area contributed by atoms with E-state index in [4.69, 9.17) is 4.74 Å². The molecule has 0 fully saturated rings. The Bertz CT molecular complexity index is 72.8. The highest BCUT2D eigenvalue weighted by atomic mass is 16.5. The van der Waals surface area contributed by atoms with Crippen LogP contribution in [0.1, 0.15) is 40.0 Å². The molecule has 0 amide bonds. The lowest BCUT2D eigenvalue weighted by Gasteiger charge is -2.27. The smallest absolute Gasteiger partial charge is 0.0654 e. The Hall–Kier alpha value is -0.0400. The minimum absolute atomic E-state index is 0.0312. The van der Waals surface area contributed by atoms with E-state index in [1.54, 1.807) is 0 Å². The molecule has 0 saturated heterocycles. The molecular formula is C9H19O. The highest BCUT2D eigenvalue weighted by molar-refractivity contribution is 4.75. The van der Waals surface area contributed by atoms with Crippen LogP contribution in [0.4, 0.5) is 0 Å². The summed E-state index contributed by atoms with van der Waals surface area (Å²) in [5.41, 5.74) is 0.0312. The van der Waals surface area contributed by atoms with Crippen molar-refractivity contribution < 1.29 is 4.74 Å². The summed E-state index contributed by atoms with van der Waals surface area (Å²) in [7, 11) is 0. The van der Waals surface area contributed by atoms with E-state index in [1.807, 2.05) is 6.92 Å². The SMILES string of the molecule is [CH2]CC(C)(CCC)OCC. The van der Waals surface area contributed by atoms with E-state index in [1.165, 1.54) is 6.42 Å². The molecule has 1 unspecified atom stereocenters. The fourth-order valence-corrected chi connectivity index (χ4v) is 1.15. The Morgan fingerprint density at radius 1 is 1.40 bits per heavy atom. The number of ether oxygens (including phenoxy) is 1. The molecule has 1 heteroatoms. The van der Waals surface area contributed by atoms with E-state index in [2.05, 4.69) is 20.8 Å². The summed E-state index contributed by atoms with van der Waals surface area (Å²) < 4.78 is 5.56. The van der Waals surface area contributed by atoms with Crippen molar-refractivity contribution >= 4 is 0 Å². The van der Waals surface area contributed by atoms with Gasteiger partial charge in [0.2, 0.25) is 0 Å². The normalized spacial score (nSPS) is 16.8. The molecule has 0 aliphatic carbocycles. The van der Waals surface area contributed by atoms with E-state index >= 15 is 0 Å². The van der Waals surface area contributed by atoms with Gasteiger partial charge in [0, 0.05) is 6.61 Å². The van der Waals surface area contributed by atoms with E-state index in [0.29, 0.717) is 0 Å². The largest absolute Gasteiger partial charge is 0.376 e. The van der Waals surface area contributed by atoms with Crippen molar-refractivity contribution in [2.45, 2.75) is 45.6 Å². The van der Waals surface area contributed by atoms with Gasteiger partial charge in [-0.05, 0) is 26.7 Å². The predicted octanol–water partition coefficient (Wildman–Crippen LogP) is 2.81. The second-order valence-corrected chi connectivity index (χ2v) is 2.88. The molecule has 0 heterocycles. The Balaban J connectivity index is 3.69. The van der Waals surface area contributed by atoms with Crippen molar-refractivity contribution in [2.24, 2.45) is 0 Å². The van der Waals surface area contributed by atoms with Crippen LogP contribution in [0.2, 0.25) is 0 Å². The summed E-state index contributed by atoms with van der Waals surface area (Å²) in [6.45, 7) is 11.0. The summed E-state index contributed by atoms with van der Waals surface area (Å²) in [6, 6.07) is 0. The van der Waals surface area contributed by atoms with Gasteiger partial charge >= 0.3 is 0 Å². The maximum atomic E-state index is 5.56. The molecule has 61 valence electrons. The van der Waals surface area contributed by atoms with Crippen molar-refractivity contribution in [3.8, 4) is 0 Å². The average molecular weight is 143 g/mol. The Morgan fingerprint density at radius 3 is 2.30 bits per heavy atom. The van der Waals surface area contributed by atoms with Gasteiger partial charge < -0.3 is 4.74 Å². The lowest BCUT2D eigenvalue weighted by Crippen LogP contribution is -2.27. The first-order valence-corrected chi connectivity index (χ1v) is 4.11. The lowest BCUT2D eigenvalue weighted by molar-refractivity contribution is -0.0295. The van der Waals surface area contributed by atoms with Crippen LogP contribution in [0.3, 0.4) is 0 Å². The standard InChI is InChI=1S/C9H19O/c1-5-8-9(4,6-2)10-7-3/h2,5-8H2,1,3-4H3. The van der Waals surface area contributed by atoms with Crippen LogP contribution >= 0.6 is 0 Å². The molecular weight excluding hydrogens is 124 g/mol. The zero-order valence-corrected chi connectivity index (χ0v) is 7.44. The molecule has 0 rings (SSSR count). The van der Waals surface area contributed by atoms with Crippen LogP contribution in [-0.2, 0) is 4.74 Å². The summed E-state index contributed by atoms with van der Waals surface area (Å²) >= 11 is 0. The summed E-state index contributed by atoms with van der Waals surface area (Å²) in [5.74, 6) is 0. The molecule has 0 saturated carbocycles. The van der Waals surface area contributed by atoms with E-state index in [0.717, 1.165) is 19.4 Å². The van der Waals surface area contributed by atoms with Gasteiger partial charge in [0.05, 0.1) is 5.60 Å². The van der Waals surface area contributed by atoms with Gasteiger partial charge in [0.15, 0.2) is 0 Å². The minimum atomic E-state index is 0.0312. The topological polar surface area (TPSA) is 9.23 Å². The third-order valence-corrected chi connectivity index (χ3v) is 1.80. The molecule has 0 spiro atoms. The highest BCUT2D eigenvalue weighted by Crippen LogP contribution is 2.20. The molecule has 10 heavy (non-hydrogen) atoms. The van der Waals surface area contributed by atoms with Gasteiger partial charge in [0.1, 0.15) is 0 Å². The number of hydrogen-bond acceptors (Lipinski definition) is 1. The monoisotopic (exact) mass is 143 g/mol. The molecule has 0 aromatic carbocycles. The molecule has 1 nitrogen and oxygen atoms in total. The van der Waals surface area contributed by atoms with Crippen LogP contribution < -0.4 is 0 Å². The van der Waals surface area contributed by atoms with Crippen LogP contribution in [-0.4, -0.2) is 12.2 Å². The first kappa shape index (κ1) is 9.96. The van der Waals surface area contributed by atoms with Crippen molar-refractivity contribution in [3.63, 3.8) is 0 Å². The molecule has 0 aliphatic rings. The van der Waals surface area contributed by atoms with E-state index in [-0.39, 0.29) is 5.60 Å². The van der Waals surface area contributed by atoms with E-state index < -0.39 is 0 Å². The second kappa shape index (κ2) is 4.73. The van der Waals surface area contributed by atoms with Crippen molar-refractivity contribution in [1.82, 2.24) is 0 Å². The van der Waals surface area contributed by atoms with Crippen molar-refractivity contribution in [3.05, 3.63) is 6.92 Å². The number of hydrogen-bond donors (Lipinski definition) is 0. The molecule has 1 atom stereocenters. The fraction of sp³-hybridized carbons (Fsp3) is 0.889. The van der Waals surface area contributed by atoms with Gasteiger partial charge in [-0.15, -0.1) is 0 Å². The van der Waals surface area contributed by atoms with Gasteiger partial charge in [-0.1, -0.05) is 20.3 Å². The first-order chi connectivity index (χ1) is 4.68. The number of rotatable bonds is 5. The predicted molar refractivity (Wildman–Crippen MR) is 44.9 cm³/mol. The molecule has 1 radical (unpaired) electrons. The van der Waals surface area contributed by atoms with E-state index in [9.17, 15) is 0 Å². The van der Waals surface area contributed by atoms with Gasteiger partial charge in [-0.25, -0.2) is 0 Å². The Kier molecular flexibility index (Phi) is 4.71. The molecule has 0 N–H and O–H groups in total. The zero-order valence-electron chi connectivity index (χ0n) is 7.44. The maximum absolute atomic E-state index is 5.56. The quantitative estimate of drug-likeness (QED) is 0.575. The van der Waals surface area contributed by atoms with Gasteiger partial charge in [-0.2, -0.15) is 0 Å². The Morgan fingerprint density at radius 2 is 2.00 bits per heavy atom. The summed E-state index contributed by atoms with van der Waals surface area (Å²) in [6.07, 6.45) is 3.16. The van der Waals surface area contributed by atoms with Crippen LogP contribution in [0.5, 0.6) is 0 Å². The molecule has 0 aromatic rings. The summed E-state index contributed by atoms with van der Waals surface area (Å²) in [5, 5.41) is 0. The van der Waals surface area contributed by atoms with Crippen molar-refractivity contribution in [1.29, 1.82) is 0 Å². The Labute approximate surface area is 64.8 Å². The first-order valence-electron chi connectivity index (χ1n) is 4.11. The van der Waals surface area contributed by atoms with Crippen molar-refractivity contribution in [2.75, 3.05) is 6.61 Å². The average Bonchev–Trinajstić information content (AvgIpc) is 1.89. The fourth-order valence-electron chi connectivity index (χ4n) is 1.15. The zero-order chi connectivity index (χ0) is 8.04. The minimum Gasteiger partial charge on any atom is -0.376 e. The van der Waals surface area contributed by atoms with Gasteiger partial charge in [-0.3, -0.25) is 0 Å². The van der Waals surface area contributed by atoms with Crippen LogP contribution in [0.25, 0.3) is 0 Å². The third-order valence-electron chi connectivity index (χ3n) is 1.80. The maximum Gasteiger partial charge on any atom is 0.0654 e. The summed E-state index contributed by atoms with van der Waals surface area (Å²) in [4.78, 5) is 0. The highest BCUT2D eigenvalue weighted by Gasteiger charge is 2.19. The molecule has 0 bridgehead atoms. The van der Waals surface area contributed by atoms with Gasteiger partial charge in [0.25, 0.3) is 0 Å².